The molecule has 0 aliphatic rings. The van der Waals surface area contributed by atoms with Crippen molar-refractivity contribution in [1.29, 1.82) is 0 Å². The first-order valence-electron chi connectivity index (χ1n) is 7.22. The van der Waals surface area contributed by atoms with Crippen molar-refractivity contribution in [3.05, 3.63) is 35.9 Å². The fraction of sp³-hybridized carbons (Fsp3) is 0.562. The number of carbonyl (C=O) groups excluding carboxylic acids is 1. The Labute approximate surface area is 116 Å². The number of amides is 1. The predicted octanol–water partition coefficient (Wildman–Crippen LogP) is 2.51. The van der Waals surface area contributed by atoms with Crippen molar-refractivity contribution >= 4 is 5.91 Å². The predicted molar refractivity (Wildman–Crippen MR) is 80.1 cm³/mol. The Balaban J connectivity index is 2.26. The average molecular weight is 262 g/mol. The van der Waals surface area contributed by atoms with Crippen molar-refractivity contribution in [3.63, 3.8) is 0 Å². The molecular weight excluding hydrogens is 236 g/mol. The SMILES string of the molecule is CCC(CC)NC(=O)CNC(C)Cc1ccccc1. The van der Waals surface area contributed by atoms with E-state index < -0.39 is 0 Å². The Bertz CT molecular complexity index is 360. The van der Waals surface area contributed by atoms with Crippen molar-refractivity contribution in [2.75, 3.05) is 6.54 Å². The van der Waals surface area contributed by atoms with E-state index in [9.17, 15) is 4.79 Å². The van der Waals surface area contributed by atoms with E-state index in [0.29, 0.717) is 18.6 Å². The first-order chi connectivity index (χ1) is 9.15. The highest BCUT2D eigenvalue weighted by Crippen LogP contribution is 2.02. The zero-order valence-electron chi connectivity index (χ0n) is 12.3. The Hall–Kier alpha value is -1.35. The van der Waals surface area contributed by atoms with Crippen molar-refractivity contribution in [2.24, 2.45) is 0 Å². The van der Waals surface area contributed by atoms with Gasteiger partial charge < -0.3 is 10.6 Å². The molecule has 0 saturated heterocycles. The van der Waals surface area contributed by atoms with Gasteiger partial charge in [-0.1, -0.05) is 44.2 Å². The number of carbonyl (C=O) groups is 1. The molecule has 1 aromatic rings. The molecule has 0 radical (unpaired) electrons. The molecule has 3 nitrogen and oxygen atoms in total. The normalized spacial score (nSPS) is 12.4. The van der Waals surface area contributed by atoms with E-state index in [2.05, 4.69) is 43.5 Å². The quantitative estimate of drug-likeness (QED) is 0.756. The zero-order valence-corrected chi connectivity index (χ0v) is 12.3. The molecule has 0 aliphatic carbocycles. The van der Waals surface area contributed by atoms with Crippen LogP contribution in [0.1, 0.15) is 39.2 Å². The standard InChI is InChI=1S/C16H26N2O/c1-4-15(5-2)18-16(19)12-17-13(3)11-14-9-7-6-8-10-14/h6-10,13,15,17H,4-5,11-12H2,1-3H3,(H,18,19). The lowest BCUT2D eigenvalue weighted by molar-refractivity contribution is -0.121. The number of benzene rings is 1. The molecule has 0 saturated carbocycles. The summed E-state index contributed by atoms with van der Waals surface area (Å²) in [7, 11) is 0. The number of hydrogen-bond donors (Lipinski definition) is 2. The molecule has 3 heteroatoms. The van der Waals surface area contributed by atoms with Crippen LogP contribution in [0, 0.1) is 0 Å². The molecule has 2 N–H and O–H groups in total. The van der Waals surface area contributed by atoms with Gasteiger partial charge in [0.15, 0.2) is 0 Å². The molecule has 0 spiro atoms. The van der Waals surface area contributed by atoms with Gasteiger partial charge in [0.05, 0.1) is 6.54 Å². The van der Waals surface area contributed by atoms with Gasteiger partial charge in [-0.2, -0.15) is 0 Å². The van der Waals surface area contributed by atoms with Crippen LogP contribution in [0.15, 0.2) is 30.3 Å². The van der Waals surface area contributed by atoms with Crippen LogP contribution < -0.4 is 10.6 Å². The van der Waals surface area contributed by atoms with Crippen LogP contribution in [0.4, 0.5) is 0 Å². The zero-order chi connectivity index (χ0) is 14.1. The summed E-state index contributed by atoms with van der Waals surface area (Å²) in [6.45, 7) is 6.70. The maximum atomic E-state index is 11.8. The minimum atomic E-state index is 0.0913. The van der Waals surface area contributed by atoms with Crippen LogP contribution in [0.5, 0.6) is 0 Å². The summed E-state index contributed by atoms with van der Waals surface area (Å²) in [5.74, 6) is 0.0913. The highest BCUT2D eigenvalue weighted by atomic mass is 16.1. The van der Waals surface area contributed by atoms with E-state index in [1.54, 1.807) is 0 Å². The van der Waals surface area contributed by atoms with Crippen molar-refractivity contribution in [2.45, 2.75) is 52.1 Å². The van der Waals surface area contributed by atoms with Crippen LogP contribution in [0.25, 0.3) is 0 Å². The fourth-order valence-electron chi connectivity index (χ4n) is 2.08. The Morgan fingerprint density at radius 1 is 1.16 bits per heavy atom. The van der Waals surface area contributed by atoms with E-state index in [-0.39, 0.29) is 5.91 Å². The molecule has 1 rings (SSSR count). The Kier molecular flexibility index (Phi) is 7.19. The van der Waals surface area contributed by atoms with Crippen LogP contribution in [-0.2, 0) is 11.2 Å². The summed E-state index contributed by atoms with van der Waals surface area (Å²) in [6.07, 6.45) is 2.92. The Morgan fingerprint density at radius 2 is 1.79 bits per heavy atom. The molecule has 1 atom stereocenters. The summed E-state index contributed by atoms with van der Waals surface area (Å²) in [5.41, 5.74) is 1.29. The highest BCUT2D eigenvalue weighted by Gasteiger charge is 2.09. The van der Waals surface area contributed by atoms with Gasteiger partial charge >= 0.3 is 0 Å². The monoisotopic (exact) mass is 262 g/mol. The molecule has 0 aromatic heterocycles. The van der Waals surface area contributed by atoms with E-state index in [4.69, 9.17) is 0 Å². The molecule has 0 bridgehead atoms. The average Bonchev–Trinajstić information content (AvgIpc) is 2.43. The smallest absolute Gasteiger partial charge is 0.234 e. The van der Waals surface area contributed by atoms with Crippen LogP contribution >= 0.6 is 0 Å². The Morgan fingerprint density at radius 3 is 2.37 bits per heavy atom. The largest absolute Gasteiger partial charge is 0.352 e. The minimum absolute atomic E-state index is 0.0913. The second-order valence-electron chi connectivity index (χ2n) is 5.05. The minimum Gasteiger partial charge on any atom is -0.352 e. The lowest BCUT2D eigenvalue weighted by Crippen LogP contribution is -2.42. The molecule has 0 fully saturated rings. The molecule has 19 heavy (non-hydrogen) atoms. The molecule has 106 valence electrons. The maximum Gasteiger partial charge on any atom is 0.234 e. The maximum absolute atomic E-state index is 11.8. The van der Waals surface area contributed by atoms with Crippen molar-refractivity contribution in [3.8, 4) is 0 Å². The van der Waals surface area contributed by atoms with Gasteiger partial charge in [-0.25, -0.2) is 0 Å². The lowest BCUT2D eigenvalue weighted by atomic mass is 10.1. The number of nitrogens with one attached hydrogen (secondary N) is 2. The summed E-state index contributed by atoms with van der Waals surface area (Å²) in [4.78, 5) is 11.8. The first kappa shape index (κ1) is 15.7. The third-order valence-electron chi connectivity index (χ3n) is 3.35. The molecule has 1 amide bonds. The fourth-order valence-corrected chi connectivity index (χ4v) is 2.08. The van der Waals surface area contributed by atoms with E-state index in [1.165, 1.54) is 5.56 Å². The molecule has 1 aromatic carbocycles. The lowest BCUT2D eigenvalue weighted by Gasteiger charge is -2.17. The molecule has 1 unspecified atom stereocenters. The van der Waals surface area contributed by atoms with Gasteiger partial charge in [0.1, 0.15) is 0 Å². The van der Waals surface area contributed by atoms with Crippen molar-refractivity contribution in [1.82, 2.24) is 10.6 Å². The summed E-state index contributed by atoms with van der Waals surface area (Å²) >= 11 is 0. The molecule has 0 aliphatic heterocycles. The van der Waals surface area contributed by atoms with Crippen molar-refractivity contribution < 1.29 is 4.79 Å². The molecular formula is C16H26N2O. The summed E-state index contributed by atoms with van der Waals surface area (Å²) < 4.78 is 0. The second-order valence-corrected chi connectivity index (χ2v) is 5.05. The summed E-state index contributed by atoms with van der Waals surface area (Å²) in [6, 6.07) is 10.9. The third-order valence-corrected chi connectivity index (χ3v) is 3.35. The highest BCUT2D eigenvalue weighted by molar-refractivity contribution is 5.78. The van der Waals surface area contributed by atoms with Crippen LogP contribution in [0.3, 0.4) is 0 Å². The van der Waals surface area contributed by atoms with E-state index in [0.717, 1.165) is 19.3 Å². The van der Waals surface area contributed by atoms with Gasteiger partial charge in [-0.05, 0) is 31.7 Å². The third kappa shape index (κ3) is 6.39. The van der Waals surface area contributed by atoms with Gasteiger partial charge in [-0.3, -0.25) is 4.79 Å². The van der Waals surface area contributed by atoms with Gasteiger partial charge in [0.2, 0.25) is 5.91 Å². The van der Waals surface area contributed by atoms with E-state index in [1.807, 2.05) is 18.2 Å². The second kappa shape index (κ2) is 8.70. The molecule has 0 heterocycles. The van der Waals surface area contributed by atoms with Crippen LogP contribution in [0.2, 0.25) is 0 Å². The van der Waals surface area contributed by atoms with Gasteiger partial charge in [0.25, 0.3) is 0 Å². The topological polar surface area (TPSA) is 41.1 Å². The summed E-state index contributed by atoms with van der Waals surface area (Å²) in [5, 5.41) is 6.31. The van der Waals surface area contributed by atoms with Crippen LogP contribution in [-0.4, -0.2) is 24.5 Å². The first-order valence-corrected chi connectivity index (χ1v) is 7.22. The van der Waals surface area contributed by atoms with E-state index >= 15 is 0 Å². The number of hydrogen-bond acceptors (Lipinski definition) is 2. The van der Waals surface area contributed by atoms with Gasteiger partial charge in [0, 0.05) is 12.1 Å². The number of rotatable bonds is 8. The van der Waals surface area contributed by atoms with Gasteiger partial charge in [-0.15, -0.1) is 0 Å².